The van der Waals surface area contributed by atoms with Crippen molar-refractivity contribution in [2.75, 3.05) is 13.7 Å². The molecule has 0 amide bonds. The van der Waals surface area contributed by atoms with E-state index in [9.17, 15) is 8.78 Å². The first kappa shape index (κ1) is 12.6. The maximum absolute atomic E-state index is 13.5. The molecule has 1 atom stereocenters. The molecule has 0 radical (unpaired) electrons. The van der Waals surface area contributed by atoms with Gasteiger partial charge in [0, 0.05) is 12.1 Å². The minimum Gasteiger partial charge on any atom is -0.493 e. The molecule has 0 aliphatic carbocycles. The van der Waals surface area contributed by atoms with E-state index in [1.54, 1.807) is 18.2 Å². The molecule has 0 saturated heterocycles. The van der Waals surface area contributed by atoms with E-state index >= 15 is 0 Å². The number of rotatable bonds is 4. The van der Waals surface area contributed by atoms with Crippen LogP contribution in [-0.2, 0) is 0 Å². The number of halogens is 2. The highest BCUT2D eigenvalue weighted by molar-refractivity contribution is 5.59. The van der Waals surface area contributed by atoms with Crippen LogP contribution in [0.2, 0.25) is 0 Å². The average Bonchev–Trinajstić information content (AvgIpc) is 2.25. The van der Waals surface area contributed by atoms with Crippen LogP contribution in [0.1, 0.15) is 24.2 Å². The van der Waals surface area contributed by atoms with Crippen LogP contribution >= 0.6 is 0 Å². The minimum absolute atomic E-state index is 0.106. The van der Waals surface area contributed by atoms with Crippen molar-refractivity contribution < 1.29 is 13.5 Å². The number of hydrogen-bond acceptors (Lipinski definition) is 2. The van der Waals surface area contributed by atoms with Gasteiger partial charge in [-0.2, -0.15) is 0 Å². The predicted molar refractivity (Wildman–Crippen MR) is 60.6 cm³/mol. The third-order valence-corrected chi connectivity index (χ3v) is 2.19. The van der Waals surface area contributed by atoms with Gasteiger partial charge in [0.2, 0.25) is 0 Å². The topological polar surface area (TPSA) is 35.2 Å². The summed E-state index contributed by atoms with van der Waals surface area (Å²) in [5.74, 6) is -0.463. The Morgan fingerprint density at radius 2 is 2.19 bits per heavy atom. The van der Waals surface area contributed by atoms with Gasteiger partial charge in [0.15, 0.2) is 11.6 Å². The highest BCUT2D eigenvalue weighted by atomic mass is 19.1. The normalized spacial score (nSPS) is 13.1. The Morgan fingerprint density at radius 1 is 1.50 bits per heavy atom. The van der Waals surface area contributed by atoms with Crippen molar-refractivity contribution in [3.8, 4) is 5.75 Å². The number of ether oxygens (including phenoxy) is 1. The lowest BCUT2D eigenvalue weighted by Crippen LogP contribution is -1.97. The van der Waals surface area contributed by atoms with Crippen molar-refractivity contribution >= 4 is 6.08 Å². The van der Waals surface area contributed by atoms with Crippen LogP contribution in [0, 0.1) is 5.82 Å². The number of methoxy groups -OCH3 is 1. The summed E-state index contributed by atoms with van der Waals surface area (Å²) in [5.41, 5.74) is 6.09. The van der Waals surface area contributed by atoms with Crippen LogP contribution < -0.4 is 10.5 Å². The van der Waals surface area contributed by atoms with Crippen LogP contribution in [0.25, 0.3) is 6.08 Å². The first-order chi connectivity index (χ1) is 7.60. The quantitative estimate of drug-likeness (QED) is 0.858. The van der Waals surface area contributed by atoms with Crippen LogP contribution in [0.15, 0.2) is 18.2 Å². The molecule has 4 heteroatoms. The van der Waals surface area contributed by atoms with Crippen molar-refractivity contribution in [1.29, 1.82) is 0 Å². The smallest absolute Gasteiger partial charge is 0.166 e. The van der Waals surface area contributed by atoms with Crippen molar-refractivity contribution in [2.24, 2.45) is 5.73 Å². The van der Waals surface area contributed by atoms with Gasteiger partial charge < -0.3 is 10.5 Å². The van der Waals surface area contributed by atoms with Crippen molar-refractivity contribution in [2.45, 2.75) is 13.1 Å². The summed E-state index contributed by atoms with van der Waals surface area (Å²) in [6, 6.07) is 2.70. The average molecular weight is 227 g/mol. The molecule has 1 rings (SSSR count). The molecule has 0 aliphatic rings. The van der Waals surface area contributed by atoms with Gasteiger partial charge in [-0.25, -0.2) is 8.78 Å². The molecule has 88 valence electrons. The Kier molecular flexibility index (Phi) is 4.43. The summed E-state index contributed by atoms with van der Waals surface area (Å²) in [5, 5.41) is 0. The fraction of sp³-hybridized carbons (Fsp3) is 0.333. The summed E-state index contributed by atoms with van der Waals surface area (Å²) in [6.07, 6.45) is 2.06. The second kappa shape index (κ2) is 5.61. The standard InChI is InChI=1S/C12H15F2NO/c1-8(13)10-6-9(4-3-5-15)12(16-2)11(14)7-10/h3-4,6-8H,5,15H2,1-2H3/b4-3+. The predicted octanol–water partition coefficient (Wildman–Crippen LogP) is 2.84. The fourth-order valence-corrected chi connectivity index (χ4v) is 1.40. The summed E-state index contributed by atoms with van der Waals surface area (Å²) in [4.78, 5) is 0. The molecule has 0 fully saturated rings. The Bertz CT molecular complexity index is 389. The zero-order chi connectivity index (χ0) is 12.1. The van der Waals surface area contributed by atoms with Crippen molar-refractivity contribution in [1.82, 2.24) is 0 Å². The number of alkyl halides is 1. The molecule has 2 N–H and O–H groups in total. The second-order valence-corrected chi connectivity index (χ2v) is 3.38. The molecule has 0 aliphatic heterocycles. The maximum atomic E-state index is 13.5. The molecular weight excluding hydrogens is 212 g/mol. The molecule has 0 heterocycles. The Labute approximate surface area is 93.7 Å². The minimum atomic E-state index is -1.22. The van der Waals surface area contributed by atoms with E-state index in [2.05, 4.69) is 0 Å². The first-order valence-electron chi connectivity index (χ1n) is 4.98. The van der Waals surface area contributed by atoms with E-state index in [1.807, 2.05) is 0 Å². The van der Waals surface area contributed by atoms with Gasteiger partial charge in [-0.1, -0.05) is 12.2 Å². The van der Waals surface area contributed by atoms with Gasteiger partial charge in [-0.15, -0.1) is 0 Å². The van der Waals surface area contributed by atoms with Crippen molar-refractivity contribution in [3.05, 3.63) is 35.2 Å². The number of benzene rings is 1. The Morgan fingerprint density at radius 3 is 2.69 bits per heavy atom. The molecule has 1 aromatic rings. The lowest BCUT2D eigenvalue weighted by molar-refractivity contribution is 0.365. The van der Waals surface area contributed by atoms with Gasteiger partial charge in [0.25, 0.3) is 0 Å². The summed E-state index contributed by atoms with van der Waals surface area (Å²) < 4.78 is 31.6. The van der Waals surface area contributed by atoms with Crippen LogP contribution in [0.4, 0.5) is 8.78 Å². The van der Waals surface area contributed by atoms with E-state index < -0.39 is 12.0 Å². The summed E-state index contributed by atoms with van der Waals surface area (Å²) in [6.45, 7) is 1.69. The van der Waals surface area contributed by atoms with Crippen LogP contribution in [-0.4, -0.2) is 13.7 Å². The largest absolute Gasteiger partial charge is 0.493 e. The molecule has 0 aromatic heterocycles. The van der Waals surface area contributed by atoms with Crippen LogP contribution in [0.5, 0.6) is 5.75 Å². The van der Waals surface area contributed by atoms with Gasteiger partial charge >= 0.3 is 0 Å². The van der Waals surface area contributed by atoms with Gasteiger partial charge in [-0.3, -0.25) is 0 Å². The molecule has 0 spiro atoms. The lowest BCUT2D eigenvalue weighted by atomic mass is 10.1. The number of nitrogens with two attached hydrogens (primary N) is 1. The van der Waals surface area contributed by atoms with E-state index in [0.29, 0.717) is 12.1 Å². The third-order valence-electron chi connectivity index (χ3n) is 2.19. The second-order valence-electron chi connectivity index (χ2n) is 3.38. The third kappa shape index (κ3) is 2.79. The zero-order valence-electron chi connectivity index (χ0n) is 9.34. The van der Waals surface area contributed by atoms with E-state index in [4.69, 9.17) is 10.5 Å². The molecule has 2 nitrogen and oxygen atoms in total. The highest BCUT2D eigenvalue weighted by Crippen LogP contribution is 2.29. The van der Waals surface area contributed by atoms with E-state index in [1.165, 1.54) is 14.0 Å². The van der Waals surface area contributed by atoms with Crippen LogP contribution in [0.3, 0.4) is 0 Å². The van der Waals surface area contributed by atoms with Gasteiger partial charge in [0.05, 0.1) is 7.11 Å². The van der Waals surface area contributed by atoms with Gasteiger partial charge in [-0.05, 0) is 24.6 Å². The summed E-state index contributed by atoms with van der Waals surface area (Å²) >= 11 is 0. The lowest BCUT2D eigenvalue weighted by Gasteiger charge is -2.10. The monoisotopic (exact) mass is 227 g/mol. The SMILES string of the molecule is COc1c(F)cc(C(C)F)cc1/C=C/CN. The van der Waals surface area contributed by atoms with E-state index in [-0.39, 0.29) is 11.3 Å². The maximum Gasteiger partial charge on any atom is 0.166 e. The summed E-state index contributed by atoms with van der Waals surface area (Å²) in [7, 11) is 1.37. The molecule has 0 saturated carbocycles. The highest BCUT2D eigenvalue weighted by Gasteiger charge is 2.12. The zero-order valence-corrected chi connectivity index (χ0v) is 9.34. The van der Waals surface area contributed by atoms with Crippen molar-refractivity contribution in [3.63, 3.8) is 0 Å². The van der Waals surface area contributed by atoms with E-state index in [0.717, 1.165) is 6.07 Å². The Balaban J connectivity index is 3.25. The Hall–Kier alpha value is -1.42. The molecule has 16 heavy (non-hydrogen) atoms. The fourth-order valence-electron chi connectivity index (χ4n) is 1.40. The molecule has 0 bridgehead atoms. The number of hydrogen-bond donors (Lipinski definition) is 1. The molecular formula is C12H15F2NO. The first-order valence-corrected chi connectivity index (χ1v) is 4.98. The van der Waals surface area contributed by atoms with Gasteiger partial charge in [0.1, 0.15) is 6.17 Å². The molecule has 1 aromatic carbocycles. The molecule has 1 unspecified atom stereocenters.